The monoisotopic (exact) mass is 556 g/mol. The molecule has 2 aromatic heterocycles. The Morgan fingerprint density at radius 3 is 2.51 bits per heavy atom. The Balaban J connectivity index is 0.00000420. The van der Waals surface area contributed by atoms with Crippen molar-refractivity contribution >= 4 is 61.9 Å². The van der Waals surface area contributed by atoms with Crippen LogP contribution in [0, 0.1) is 5.82 Å². The van der Waals surface area contributed by atoms with Crippen LogP contribution in [-0.4, -0.2) is 43.1 Å². The number of benzene rings is 2. The van der Waals surface area contributed by atoms with Crippen molar-refractivity contribution in [2.24, 2.45) is 5.73 Å². The van der Waals surface area contributed by atoms with Gasteiger partial charge in [0.25, 0.3) is 11.8 Å². The van der Waals surface area contributed by atoms with Gasteiger partial charge in [-0.05, 0) is 42.7 Å². The molecule has 11 nitrogen and oxygen atoms in total. The van der Waals surface area contributed by atoms with Gasteiger partial charge in [-0.2, -0.15) is 4.98 Å². The van der Waals surface area contributed by atoms with Crippen LogP contribution < -0.4 is 51.2 Å². The molecule has 14 heteroatoms. The van der Waals surface area contributed by atoms with E-state index in [1.54, 1.807) is 42.6 Å². The normalized spacial score (nSPS) is 11.8. The van der Waals surface area contributed by atoms with Gasteiger partial charge in [0.15, 0.2) is 0 Å². The Morgan fingerprint density at radius 2 is 1.82 bits per heavy atom. The van der Waals surface area contributed by atoms with Crippen molar-refractivity contribution in [3.63, 3.8) is 0 Å². The molecule has 4 aromatic rings. The topological polar surface area (TPSA) is 166 Å². The van der Waals surface area contributed by atoms with Crippen molar-refractivity contribution in [3.8, 4) is 0 Å². The summed E-state index contributed by atoms with van der Waals surface area (Å²) in [7, 11) is -2.73. The number of primary amides is 1. The predicted octanol–water partition coefficient (Wildman–Crippen LogP) is 1.12. The van der Waals surface area contributed by atoms with Gasteiger partial charge in [-0.25, -0.2) is 9.37 Å². The minimum absolute atomic E-state index is 0. The first kappa shape index (κ1) is 29.5. The molecule has 0 aliphatic heterocycles. The third-order valence-corrected chi connectivity index (χ3v) is 5.48. The number of aromatic nitrogens is 3. The fourth-order valence-electron chi connectivity index (χ4n) is 3.23. The van der Waals surface area contributed by atoms with Crippen molar-refractivity contribution < 1.29 is 47.7 Å². The van der Waals surface area contributed by atoms with E-state index in [2.05, 4.69) is 41.5 Å². The molecule has 0 spiro atoms. The van der Waals surface area contributed by atoms with Gasteiger partial charge in [-0.1, -0.05) is 33.8 Å². The summed E-state index contributed by atoms with van der Waals surface area (Å²) in [6.07, 6.45) is 5.50. The zero-order chi connectivity index (χ0) is 27.3. The molecule has 194 valence electrons. The Labute approximate surface area is 246 Å². The smallest absolute Gasteiger partial charge is 0.607 e. The molecule has 0 radical (unpaired) electrons. The van der Waals surface area contributed by atoms with Crippen LogP contribution in [0.5, 0.6) is 0 Å². The van der Waals surface area contributed by atoms with Crippen LogP contribution in [0.3, 0.4) is 0 Å². The van der Waals surface area contributed by atoms with Gasteiger partial charge >= 0.3 is 29.6 Å². The summed E-state index contributed by atoms with van der Waals surface area (Å²) in [5.74, 6) is 1.59. The molecule has 0 aliphatic rings. The number of carbonyl (C=O) groups is 2. The number of hydrogen-bond donors (Lipinski definition) is 4. The quantitative estimate of drug-likeness (QED) is 0.176. The molecule has 0 fully saturated rings. The van der Waals surface area contributed by atoms with Gasteiger partial charge in [0, 0.05) is 30.0 Å². The van der Waals surface area contributed by atoms with Crippen LogP contribution in [0.4, 0.5) is 38.9 Å². The van der Waals surface area contributed by atoms with E-state index in [0.717, 1.165) is 6.07 Å². The molecule has 2 heterocycles. The van der Waals surface area contributed by atoms with Gasteiger partial charge < -0.3 is 26.4 Å². The van der Waals surface area contributed by atoms with Gasteiger partial charge in [0.1, 0.15) is 17.2 Å². The molecule has 2 aromatic carbocycles. The van der Waals surface area contributed by atoms with Crippen molar-refractivity contribution in [3.05, 3.63) is 94.9 Å². The van der Waals surface area contributed by atoms with Crippen LogP contribution in [0.2, 0.25) is 0 Å². The van der Waals surface area contributed by atoms with Gasteiger partial charge in [0.2, 0.25) is 5.95 Å². The maximum absolute atomic E-state index is 14.6. The molecule has 0 saturated carbocycles. The third kappa shape index (κ3) is 7.97. The van der Waals surface area contributed by atoms with Gasteiger partial charge in [0.05, 0.1) is 11.3 Å². The molecule has 0 aliphatic carbocycles. The van der Waals surface area contributed by atoms with Crippen molar-refractivity contribution in [2.45, 2.75) is 0 Å². The van der Waals surface area contributed by atoms with Crippen molar-refractivity contribution in [1.29, 1.82) is 0 Å². The number of anilines is 5. The fraction of sp³-hybridized carbons (Fsp3) is 0.0400. The first-order valence-electron chi connectivity index (χ1n) is 10.9. The fourth-order valence-corrected chi connectivity index (χ4v) is 3.81. The number of para-hydroxylation sites is 1. The Bertz CT molecular complexity index is 1620. The summed E-state index contributed by atoms with van der Waals surface area (Å²) in [6.45, 7) is 0. The minimum Gasteiger partial charge on any atom is -0.607 e. The molecule has 0 saturated heterocycles. The number of nitrogens with one attached hydrogen (secondary N) is 3. The first-order valence-corrected chi connectivity index (χ1v) is 13.0. The number of halogens is 1. The van der Waals surface area contributed by atoms with Crippen LogP contribution >= 0.6 is 0 Å². The Kier molecular flexibility index (Phi) is 9.59. The molecule has 4 rings (SSSR count). The van der Waals surface area contributed by atoms with Crippen LogP contribution in [-0.2, 0) is 9.71 Å². The zero-order valence-corrected chi connectivity index (χ0v) is 23.8. The molecule has 1 atom stereocenters. The standard InChI is InChI=1S/C25H23FN8O3S.Na/c1-38(2,37)34-20-8-4-3-7-19(20)31-23-17(22(27)35)14-29-25(33-23)32-21-12-16(9-10-18(21)26)30-24(36)15-6-5-11-28-13-15;/h3-14H,1H2,2H3,(H6,27,29,30,31,32,33,34,35,36,37);/q;+1/p-1. The summed E-state index contributed by atoms with van der Waals surface area (Å²) in [5.41, 5.74) is 6.74. The zero-order valence-electron chi connectivity index (χ0n) is 21.0. The number of carbonyl (C=O) groups excluding carboxylic acids is 2. The number of nitrogens with zero attached hydrogens (tertiary/aromatic N) is 4. The summed E-state index contributed by atoms with van der Waals surface area (Å²) in [5, 5.41) is 8.35. The summed E-state index contributed by atoms with van der Waals surface area (Å²) >= 11 is 0. The number of nitrogens with two attached hydrogens (primary N) is 1. The van der Waals surface area contributed by atoms with E-state index in [4.69, 9.17) is 5.73 Å². The summed E-state index contributed by atoms with van der Waals surface area (Å²) in [6, 6.07) is 13.8. The second-order valence-electron chi connectivity index (χ2n) is 8.03. The van der Waals surface area contributed by atoms with E-state index >= 15 is 0 Å². The first-order chi connectivity index (χ1) is 18.1. The van der Waals surface area contributed by atoms with E-state index in [1.807, 2.05) is 0 Å². The number of hydrogen-bond acceptors (Lipinski definition) is 8. The second kappa shape index (κ2) is 12.7. The van der Waals surface area contributed by atoms with E-state index in [0.29, 0.717) is 22.6 Å². The van der Waals surface area contributed by atoms with E-state index in [9.17, 15) is 18.2 Å². The second-order valence-corrected chi connectivity index (χ2v) is 10.1. The van der Waals surface area contributed by atoms with Crippen LogP contribution in [0.25, 0.3) is 4.72 Å². The third-order valence-electron chi connectivity index (χ3n) is 4.90. The number of rotatable bonds is 9. The molecule has 2 amide bonds. The maximum Gasteiger partial charge on any atom is 1.00 e. The molecule has 0 bridgehead atoms. The number of pyridine rings is 1. The molecule has 5 N–H and O–H groups in total. The van der Waals surface area contributed by atoms with E-state index in [-0.39, 0.29) is 52.6 Å². The summed E-state index contributed by atoms with van der Waals surface area (Å²) < 4.78 is 30.8. The summed E-state index contributed by atoms with van der Waals surface area (Å²) in [4.78, 5) is 36.7. The van der Waals surface area contributed by atoms with Gasteiger partial charge in [-0.15, -0.1) is 5.69 Å². The van der Waals surface area contributed by atoms with Gasteiger partial charge in [-0.3, -0.25) is 18.8 Å². The largest absolute Gasteiger partial charge is 1.00 e. The predicted molar refractivity (Wildman–Crippen MR) is 146 cm³/mol. The SMILES string of the molecule is C=S(C)(=O)[N-]c1ccccc1Nc1nc(Nc2cc(NC(=O)c3cccnc3)ccc2F)ncc1C(N)=O.[Na+]. The van der Waals surface area contributed by atoms with Crippen molar-refractivity contribution in [1.82, 2.24) is 15.0 Å². The molecule has 39 heavy (non-hydrogen) atoms. The van der Waals surface area contributed by atoms with Crippen LogP contribution in [0.1, 0.15) is 20.7 Å². The maximum atomic E-state index is 14.6. The molecular formula is C25H22FN8NaO3S. The minimum atomic E-state index is -2.73. The van der Waals surface area contributed by atoms with E-state index < -0.39 is 27.3 Å². The van der Waals surface area contributed by atoms with Crippen molar-refractivity contribution in [2.75, 3.05) is 22.2 Å². The Morgan fingerprint density at radius 1 is 1.05 bits per heavy atom. The average Bonchev–Trinajstić information content (AvgIpc) is 2.87. The Hall–Kier alpha value is -4.04. The molecule has 1 unspecified atom stereocenters. The number of amides is 2. The van der Waals surface area contributed by atoms with E-state index in [1.165, 1.54) is 30.8 Å². The average molecular weight is 557 g/mol. The van der Waals surface area contributed by atoms with Crippen LogP contribution in [0.15, 0.2) is 73.2 Å². The molecular weight excluding hydrogens is 534 g/mol.